The summed E-state index contributed by atoms with van der Waals surface area (Å²) in [7, 11) is 1.47. The summed E-state index contributed by atoms with van der Waals surface area (Å²) in [5.41, 5.74) is 0.607. The van der Waals surface area contributed by atoms with E-state index in [1.54, 1.807) is 0 Å². The number of rotatable bonds is 3. The molecule has 0 bridgehead atoms. The monoisotopic (exact) mass is 237 g/mol. The first kappa shape index (κ1) is 11.1. The lowest BCUT2D eigenvalue weighted by molar-refractivity contribution is -0.122. The largest absolute Gasteiger partial charge is 0.352 e. The van der Waals surface area contributed by atoms with Crippen LogP contribution in [0, 0.1) is 0 Å². The van der Waals surface area contributed by atoms with E-state index in [1.165, 1.54) is 11.6 Å². The summed E-state index contributed by atoms with van der Waals surface area (Å²) >= 11 is 0. The Morgan fingerprint density at radius 3 is 3.00 bits per heavy atom. The van der Waals surface area contributed by atoms with Crippen LogP contribution in [0.4, 0.5) is 5.82 Å². The van der Waals surface area contributed by atoms with Crippen molar-refractivity contribution in [2.45, 2.75) is 13.1 Å². The van der Waals surface area contributed by atoms with Gasteiger partial charge in [-0.2, -0.15) is 0 Å². The molecule has 2 rings (SSSR count). The minimum Gasteiger partial charge on any atom is -0.352 e. The van der Waals surface area contributed by atoms with E-state index in [0.29, 0.717) is 17.9 Å². The molecular weight excluding hydrogens is 226 g/mol. The molecule has 8 nitrogen and oxygen atoms in total. The van der Waals surface area contributed by atoms with Crippen molar-refractivity contribution in [1.82, 2.24) is 20.2 Å². The SMILES string of the molecule is CNC(=O)c1nc(NC=O)c2n1CC(=O)NC2. The molecule has 90 valence electrons. The average molecular weight is 237 g/mol. The van der Waals surface area contributed by atoms with Crippen molar-refractivity contribution in [3.8, 4) is 0 Å². The van der Waals surface area contributed by atoms with E-state index in [-0.39, 0.29) is 24.8 Å². The molecule has 17 heavy (non-hydrogen) atoms. The predicted octanol–water partition coefficient (Wildman–Crippen LogP) is -1.56. The van der Waals surface area contributed by atoms with Gasteiger partial charge in [0.15, 0.2) is 5.82 Å². The van der Waals surface area contributed by atoms with Gasteiger partial charge < -0.3 is 20.5 Å². The molecule has 0 spiro atoms. The molecule has 0 atom stereocenters. The number of hydrogen-bond acceptors (Lipinski definition) is 4. The summed E-state index contributed by atoms with van der Waals surface area (Å²) in [5, 5.41) is 7.46. The van der Waals surface area contributed by atoms with Crippen molar-refractivity contribution >= 4 is 24.0 Å². The van der Waals surface area contributed by atoms with Gasteiger partial charge in [0.2, 0.25) is 18.1 Å². The van der Waals surface area contributed by atoms with Crippen molar-refractivity contribution in [2.75, 3.05) is 12.4 Å². The molecule has 1 aliphatic rings. The second kappa shape index (κ2) is 4.24. The lowest BCUT2D eigenvalue weighted by Gasteiger charge is -2.17. The number of carbonyl (C=O) groups is 3. The minimum atomic E-state index is -0.403. The normalized spacial score (nSPS) is 13.6. The molecule has 3 N–H and O–H groups in total. The Balaban J connectivity index is 2.49. The van der Waals surface area contributed by atoms with E-state index in [4.69, 9.17) is 0 Å². The van der Waals surface area contributed by atoms with Crippen molar-refractivity contribution in [3.63, 3.8) is 0 Å². The third kappa shape index (κ3) is 1.84. The van der Waals surface area contributed by atoms with Gasteiger partial charge in [-0.3, -0.25) is 14.4 Å². The van der Waals surface area contributed by atoms with Gasteiger partial charge in [-0.05, 0) is 0 Å². The molecule has 1 aliphatic heterocycles. The van der Waals surface area contributed by atoms with Crippen LogP contribution in [-0.4, -0.2) is 34.8 Å². The molecule has 0 saturated heterocycles. The van der Waals surface area contributed by atoms with Crippen molar-refractivity contribution in [1.29, 1.82) is 0 Å². The van der Waals surface area contributed by atoms with E-state index >= 15 is 0 Å². The van der Waals surface area contributed by atoms with E-state index in [0.717, 1.165) is 0 Å². The Hall–Kier alpha value is -2.38. The molecule has 0 unspecified atom stereocenters. The summed E-state index contributed by atoms with van der Waals surface area (Å²) in [6, 6.07) is 0. The van der Waals surface area contributed by atoms with E-state index in [1.807, 2.05) is 0 Å². The van der Waals surface area contributed by atoms with Crippen molar-refractivity contribution in [2.24, 2.45) is 0 Å². The quantitative estimate of drug-likeness (QED) is 0.553. The molecule has 0 radical (unpaired) electrons. The smallest absolute Gasteiger partial charge is 0.287 e. The lowest BCUT2D eigenvalue weighted by atomic mass is 10.3. The highest BCUT2D eigenvalue weighted by Gasteiger charge is 2.26. The van der Waals surface area contributed by atoms with E-state index in [9.17, 15) is 14.4 Å². The Bertz CT molecular complexity index is 493. The van der Waals surface area contributed by atoms with Crippen LogP contribution in [0.1, 0.15) is 16.3 Å². The van der Waals surface area contributed by atoms with Crippen LogP contribution in [0.15, 0.2) is 0 Å². The first-order valence-electron chi connectivity index (χ1n) is 4.95. The number of carbonyl (C=O) groups excluding carboxylic acids is 3. The Labute approximate surface area is 96.4 Å². The third-order valence-electron chi connectivity index (χ3n) is 2.45. The number of aromatic nitrogens is 2. The maximum Gasteiger partial charge on any atom is 0.287 e. The topological polar surface area (TPSA) is 105 Å². The standard InChI is InChI=1S/C9H11N5O3/c1-10-9(17)8-13-7(12-4-15)5-2-11-6(16)3-14(5)8/h4H,2-3H2,1H3,(H,10,17)(H,11,16)(H,12,15). The fourth-order valence-electron chi connectivity index (χ4n) is 1.67. The fraction of sp³-hybridized carbons (Fsp3) is 0.333. The molecule has 0 aromatic carbocycles. The van der Waals surface area contributed by atoms with Gasteiger partial charge in [-0.15, -0.1) is 0 Å². The van der Waals surface area contributed by atoms with Gasteiger partial charge in [-0.1, -0.05) is 0 Å². The number of anilines is 1. The first-order valence-corrected chi connectivity index (χ1v) is 4.95. The zero-order valence-electron chi connectivity index (χ0n) is 9.11. The number of fused-ring (bicyclic) bond motifs is 1. The van der Waals surface area contributed by atoms with Gasteiger partial charge in [0.05, 0.1) is 12.2 Å². The van der Waals surface area contributed by atoms with Crippen LogP contribution in [0.2, 0.25) is 0 Å². The third-order valence-corrected chi connectivity index (χ3v) is 2.45. The number of nitrogens with zero attached hydrogens (tertiary/aromatic N) is 2. The first-order chi connectivity index (χ1) is 8.17. The molecule has 0 fully saturated rings. The fourth-order valence-corrected chi connectivity index (χ4v) is 1.67. The minimum absolute atomic E-state index is 0.0195. The maximum absolute atomic E-state index is 11.6. The van der Waals surface area contributed by atoms with Crippen LogP contribution < -0.4 is 16.0 Å². The number of hydrogen-bond donors (Lipinski definition) is 3. The Morgan fingerprint density at radius 1 is 1.59 bits per heavy atom. The average Bonchev–Trinajstić information content (AvgIpc) is 2.67. The van der Waals surface area contributed by atoms with Crippen LogP contribution in [0.25, 0.3) is 0 Å². The lowest BCUT2D eigenvalue weighted by Crippen LogP contribution is -2.36. The Morgan fingerprint density at radius 2 is 2.35 bits per heavy atom. The number of nitrogens with one attached hydrogen (secondary N) is 3. The summed E-state index contributed by atoms with van der Waals surface area (Å²) in [5.74, 6) is -0.196. The molecule has 0 aliphatic carbocycles. The molecule has 3 amide bonds. The van der Waals surface area contributed by atoms with Gasteiger partial charge in [0.25, 0.3) is 5.91 Å². The second-order valence-corrected chi connectivity index (χ2v) is 3.43. The van der Waals surface area contributed by atoms with Crippen LogP contribution >= 0.6 is 0 Å². The summed E-state index contributed by atoms with van der Waals surface area (Å²) in [6.07, 6.45) is 0.479. The van der Waals surface area contributed by atoms with Gasteiger partial charge >= 0.3 is 0 Å². The molecule has 2 heterocycles. The highest BCUT2D eigenvalue weighted by Crippen LogP contribution is 2.19. The highest BCUT2D eigenvalue weighted by molar-refractivity contribution is 5.93. The number of imidazole rings is 1. The van der Waals surface area contributed by atoms with E-state index in [2.05, 4.69) is 20.9 Å². The van der Waals surface area contributed by atoms with Crippen LogP contribution in [0.3, 0.4) is 0 Å². The summed E-state index contributed by atoms with van der Waals surface area (Å²) < 4.78 is 1.49. The van der Waals surface area contributed by atoms with E-state index < -0.39 is 5.91 Å². The maximum atomic E-state index is 11.6. The van der Waals surface area contributed by atoms with Gasteiger partial charge in [0.1, 0.15) is 6.54 Å². The van der Waals surface area contributed by atoms with Crippen LogP contribution in [0.5, 0.6) is 0 Å². The molecule has 8 heteroatoms. The predicted molar refractivity (Wildman–Crippen MR) is 57.2 cm³/mol. The van der Waals surface area contributed by atoms with Crippen molar-refractivity contribution in [3.05, 3.63) is 11.5 Å². The second-order valence-electron chi connectivity index (χ2n) is 3.43. The molecule has 0 saturated carbocycles. The number of amides is 3. The highest BCUT2D eigenvalue weighted by atomic mass is 16.2. The molecule has 1 aromatic heterocycles. The van der Waals surface area contributed by atoms with Gasteiger partial charge in [0, 0.05) is 7.05 Å². The molecular formula is C9H11N5O3. The summed E-state index contributed by atoms with van der Waals surface area (Å²) in [6.45, 7) is 0.255. The Kier molecular flexibility index (Phi) is 2.77. The zero-order valence-corrected chi connectivity index (χ0v) is 9.11. The summed E-state index contributed by atoms with van der Waals surface area (Å²) in [4.78, 5) is 37.3. The van der Waals surface area contributed by atoms with Gasteiger partial charge in [-0.25, -0.2) is 4.98 Å². The van der Waals surface area contributed by atoms with Crippen molar-refractivity contribution < 1.29 is 14.4 Å². The molecule has 1 aromatic rings. The van der Waals surface area contributed by atoms with Crippen LogP contribution in [-0.2, 0) is 22.7 Å². The zero-order chi connectivity index (χ0) is 12.4.